The first-order valence-electron chi connectivity index (χ1n) is 11.3. The number of pyridine rings is 1. The van der Waals surface area contributed by atoms with Gasteiger partial charge in [-0.2, -0.15) is 4.31 Å². The first-order chi connectivity index (χ1) is 16.3. The lowest BCUT2D eigenvalue weighted by atomic mass is 10.1. The number of aromatic amines is 1. The normalized spacial score (nSPS) is 14.6. The largest absolute Gasteiger partial charge is 0.497 e. The molecular formula is C25H28N2O6S. The molecule has 2 aromatic carbocycles. The number of carbonyl (C=O) groups is 1. The molecule has 1 saturated carbocycles. The van der Waals surface area contributed by atoms with Gasteiger partial charge in [0, 0.05) is 24.2 Å². The molecule has 0 amide bonds. The van der Waals surface area contributed by atoms with Crippen LogP contribution in [0.25, 0.3) is 10.9 Å². The summed E-state index contributed by atoms with van der Waals surface area (Å²) in [4.78, 5) is 27.7. The van der Waals surface area contributed by atoms with Crippen LogP contribution in [-0.4, -0.2) is 43.4 Å². The van der Waals surface area contributed by atoms with Gasteiger partial charge in [0.25, 0.3) is 5.56 Å². The molecule has 1 heterocycles. The second-order valence-corrected chi connectivity index (χ2v) is 10.2. The highest BCUT2D eigenvalue weighted by atomic mass is 32.2. The van der Waals surface area contributed by atoms with E-state index in [1.165, 1.54) is 28.6 Å². The molecule has 1 fully saturated rings. The van der Waals surface area contributed by atoms with Gasteiger partial charge in [-0.15, -0.1) is 0 Å². The molecule has 0 bridgehead atoms. The van der Waals surface area contributed by atoms with E-state index in [1.54, 1.807) is 32.2 Å². The lowest BCUT2D eigenvalue weighted by Crippen LogP contribution is -2.39. The van der Waals surface area contributed by atoms with Crippen molar-refractivity contribution < 1.29 is 22.7 Å². The van der Waals surface area contributed by atoms with Crippen LogP contribution in [-0.2, 0) is 21.3 Å². The third-order valence-corrected chi connectivity index (χ3v) is 8.07. The van der Waals surface area contributed by atoms with E-state index in [2.05, 4.69) is 4.98 Å². The number of hydrogen-bond acceptors (Lipinski definition) is 6. The number of rotatable bonds is 8. The van der Waals surface area contributed by atoms with Crippen LogP contribution < -0.4 is 10.3 Å². The van der Waals surface area contributed by atoms with Gasteiger partial charge in [-0.25, -0.2) is 13.2 Å². The SMILES string of the molecule is CCOC(=O)c1ccc(S(=O)(=O)N(Cc2cc3ccc(OC)cc3[nH]c2=O)C2CCCC2)cc1. The number of benzene rings is 2. The Morgan fingerprint density at radius 1 is 1.09 bits per heavy atom. The minimum Gasteiger partial charge on any atom is -0.497 e. The third kappa shape index (κ3) is 4.85. The van der Waals surface area contributed by atoms with Crippen molar-refractivity contribution in [3.05, 3.63) is 70.0 Å². The van der Waals surface area contributed by atoms with Gasteiger partial charge in [0.05, 0.1) is 29.7 Å². The number of esters is 1. The molecular weight excluding hydrogens is 456 g/mol. The molecule has 0 saturated heterocycles. The quantitative estimate of drug-likeness (QED) is 0.487. The number of hydrogen-bond donors (Lipinski definition) is 1. The minimum atomic E-state index is -3.91. The number of aromatic nitrogens is 1. The smallest absolute Gasteiger partial charge is 0.338 e. The predicted octanol–water partition coefficient (Wildman–Crippen LogP) is 3.85. The molecule has 0 atom stereocenters. The monoisotopic (exact) mass is 484 g/mol. The van der Waals surface area contributed by atoms with Crippen LogP contribution in [0.4, 0.5) is 0 Å². The fourth-order valence-electron chi connectivity index (χ4n) is 4.35. The number of methoxy groups -OCH3 is 1. The van der Waals surface area contributed by atoms with Crippen LogP contribution >= 0.6 is 0 Å². The van der Waals surface area contributed by atoms with E-state index in [0.717, 1.165) is 31.1 Å². The predicted molar refractivity (Wildman–Crippen MR) is 129 cm³/mol. The molecule has 9 heteroatoms. The van der Waals surface area contributed by atoms with Crippen molar-refractivity contribution >= 4 is 26.9 Å². The number of ether oxygens (including phenoxy) is 2. The molecule has 0 unspecified atom stereocenters. The molecule has 8 nitrogen and oxygen atoms in total. The van der Waals surface area contributed by atoms with Crippen molar-refractivity contribution in [2.45, 2.75) is 50.1 Å². The zero-order chi connectivity index (χ0) is 24.3. The van der Waals surface area contributed by atoms with Gasteiger partial charge in [0.2, 0.25) is 10.0 Å². The fourth-order valence-corrected chi connectivity index (χ4v) is 6.02. The number of carbonyl (C=O) groups excluding carboxylic acids is 1. The zero-order valence-corrected chi connectivity index (χ0v) is 20.1. The molecule has 1 aliphatic rings. The summed E-state index contributed by atoms with van der Waals surface area (Å²) < 4.78 is 39.0. The van der Waals surface area contributed by atoms with Crippen LogP contribution in [0.5, 0.6) is 5.75 Å². The van der Waals surface area contributed by atoms with Crippen LogP contribution in [0.2, 0.25) is 0 Å². The maximum atomic E-state index is 13.7. The Hall–Kier alpha value is -3.17. The van der Waals surface area contributed by atoms with E-state index in [4.69, 9.17) is 9.47 Å². The number of sulfonamides is 1. The Balaban J connectivity index is 1.69. The summed E-state index contributed by atoms with van der Waals surface area (Å²) in [6.07, 6.45) is 3.35. The summed E-state index contributed by atoms with van der Waals surface area (Å²) in [7, 11) is -2.36. The summed E-state index contributed by atoms with van der Waals surface area (Å²) in [5.41, 5.74) is 0.945. The summed E-state index contributed by atoms with van der Waals surface area (Å²) in [5, 5.41) is 0.790. The molecule has 1 aliphatic carbocycles. The van der Waals surface area contributed by atoms with Crippen LogP contribution in [0, 0.1) is 0 Å². The van der Waals surface area contributed by atoms with E-state index >= 15 is 0 Å². The average Bonchev–Trinajstić information content (AvgIpc) is 3.37. The van der Waals surface area contributed by atoms with Gasteiger partial charge < -0.3 is 14.5 Å². The van der Waals surface area contributed by atoms with E-state index in [-0.39, 0.29) is 35.2 Å². The van der Waals surface area contributed by atoms with Gasteiger partial charge in [0.1, 0.15) is 5.75 Å². The number of fused-ring (bicyclic) bond motifs is 1. The van der Waals surface area contributed by atoms with Crippen molar-refractivity contribution in [3.63, 3.8) is 0 Å². The topological polar surface area (TPSA) is 106 Å². The fraction of sp³-hybridized carbons (Fsp3) is 0.360. The molecule has 1 N–H and O–H groups in total. The minimum absolute atomic E-state index is 0.0378. The van der Waals surface area contributed by atoms with E-state index in [9.17, 15) is 18.0 Å². The molecule has 3 aromatic rings. The summed E-state index contributed by atoms with van der Waals surface area (Å²) in [6, 6.07) is 12.6. The number of nitrogens with zero attached hydrogens (tertiary/aromatic N) is 1. The lowest BCUT2D eigenvalue weighted by molar-refractivity contribution is 0.0526. The van der Waals surface area contributed by atoms with E-state index in [1.807, 2.05) is 6.07 Å². The first kappa shape index (κ1) is 24.0. The van der Waals surface area contributed by atoms with Crippen LogP contribution in [0.15, 0.2) is 58.2 Å². The second-order valence-electron chi connectivity index (χ2n) is 8.31. The summed E-state index contributed by atoms with van der Waals surface area (Å²) in [6.45, 7) is 1.91. The maximum absolute atomic E-state index is 13.7. The molecule has 180 valence electrons. The van der Waals surface area contributed by atoms with Crippen molar-refractivity contribution in [1.82, 2.24) is 9.29 Å². The highest BCUT2D eigenvalue weighted by molar-refractivity contribution is 7.89. The standard InChI is InChI=1S/C25H28N2O6S/c1-3-33-25(29)17-9-12-22(13-10-17)34(30,31)27(20-6-4-5-7-20)16-19-14-18-8-11-21(32-2)15-23(18)26-24(19)28/h8-15,20H,3-7,16H2,1-2H3,(H,26,28). The summed E-state index contributed by atoms with van der Waals surface area (Å²) >= 11 is 0. The van der Waals surface area contributed by atoms with Gasteiger partial charge in [-0.3, -0.25) is 4.79 Å². The highest BCUT2D eigenvalue weighted by Crippen LogP contribution is 2.30. The Bertz CT molecular complexity index is 1340. The molecule has 0 aliphatic heterocycles. The Morgan fingerprint density at radius 2 is 1.79 bits per heavy atom. The maximum Gasteiger partial charge on any atom is 0.338 e. The van der Waals surface area contributed by atoms with Gasteiger partial charge in [-0.1, -0.05) is 12.8 Å². The number of H-pyrrole nitrogens is 1. The number of nitrogens with one attached hydrogen (secondary N) is 1. The molecule has 1 aromatic heterocycles. The average molecular weight is 485 g/mol. The first-order valence-corrected chi connectivity index (χ1v) is 12.8. The van der Waals surface area contributed by atoms with E-state index < -0.39 is 16.0 Å². The van der Waals surface area contributed by atoms with Gasteiger partial charge >= 0.3 is 5.97 Å². The molecule has 0 radical (unpaired) electrons. The van der Waals surface area contributed by atoms with Gasteiger partial charge in [0.15, 0.2) is 0 Å². The Morgan fingerprint density at radius 3 is 2.44 bits per heavy atom. The van der Waals surface area contributed by atoms with Crippen molar-refractivity contribution in [2.24, 2.45) is 0 Å². The Labute approximate surface area is 198 Å². The third-order valence-electron chi connectivity index (χ3n) is 6.16. The lowest BCUT2D eigenvalue weighted by Gasteiger charge is -2.28. The van der Waals surface area contributed by atoms with Crippen molar-refractivity contribution in [1.29, 1.82) is 0 Å². The molecule has 4 rings (SSSR count). The van der Waals surface area contributed by atoms with Crippen LogP contribution in [0.3, 0.4) is 0 Å². The van der Waals surface area contributed by atoms with Crippen LogP contribution in [0.1, 0.15) is 48.5 Å². The summed E-state index contributed by atoms with van der Waals surface area (Å²) in [5.74, 6) is 0.121. The molecule has 0 spiro atoms. The van der Waals surface area contributed by atoms with Crippen molar-refractivity contribution in [3.8, 4) is 5.75 Å². The van der Waals surface area contributed by atoms with Crippen molar-refractivity contribution in [2.75, 3.05) is 13.7 Å². The zero-order valence-electron chi connectivity index (χ0n) is 19.2. The second kappa shape index (κ2) is 9.99. The molecule has 34 heavy (non-hydrogen) atoms. The highest BCUT2D eigenvalue weighted by Gasteiger charge is 2.34. The van der Waals surface area contributed by atoms with E-state index in [0.29, 0.717) is 16.8 Å². The van der Waals surface area contributed by atoms with Gasteiger partial charge in [-0.05, 0) is 67.6 Å². The Kier molecular flexibility index (Phi) is 7.04.